The zero-order valence-corrected chi connectivity index (χ0v) is 8.18. The normalized spacial score (nSPS) is 29.6. The van der Waals surface area contributed by atoms with Gasteiger partial charge in [0.2, 0.25) is 0 Å². The number of hydrogen-bond acceptors (Lipinski definition) is 3. The van der Waals surface area contributed by atoms with Gasteiger partial charge >= 0.3 is 0 Å². The van der Waals surface area contributed by atoms with Crippen molar-refractivity contribution in [3.8, 4) is 0 Å². The maximum atomic E-state index is 4.36. The van der Waals surface area contributed by atoms with E-state index in [0.29, 0.717) is 0 Å². The van der Waals surface area contributed by atoms with Crippen molar-refractivity contribution < 1.29 is 0 Å². The van der Waals surface area contributed by atoms with Gasteiger partial charge in [-0.1, -0.05) is 13.5 Å². The Morgan fingerprint density at radius 1 is 1.43 bits per heavy atom. The van der Waals surface area contributed by atoms with Crippen molar-refractivity contribution in [1.82, 2.24) is 10.3 Å². The SMILES string of the molecule is C.C1=C(c2nccs2)CC2CNCC12. The van der Waals surface area contributed by atoms with Gasteiger partial charge in [-0.15, -0.1) is 11.3 Å². The molecule has 0 bridgehead atoms. The first-order chi connectivity index (χ1) is 6.43. The van der Waals surface area contributed by atoms with Gasteiger partial charge in [-0.2, -0.15) is 0 Å². The molecule has 0 amide bonds. The molecule has 1 aliphatic carbocycles. The maximum Gasteiger partial charge on any atom is 0.118 e. The highest BCUT2D eigenvalue weighted by Gasteiger charge is 2.32. The van der Waals surface area contributed by atoms with Crippen LogP contribution < -0.4 is 5.32 Å². The number of nitrogens with zero attached hydrogens (tertiary/aromatic N) is 1. The number of hydrogen-bond donors (Lipinski definition) is 1. The second-order valence-electron chi connectivity index (χ2n) is 3.82. The lowest BCUT2D eigenvalue weighted by atomic mass is 10.00. The molecule has 1 fully saturated rings. The van der Waals surface area contributed by atoms with Crippen LogP contribution in [0.3, 0.4) is 0 Å². The summed E-state index contributed by atoms with van der Waals surface area (Å²) in [5.74, 6) is 1.62. The number of aromatic nitrogens is 1. The van der Waals surface area contributed by atoms with Crippen molar-refractivity contribution in [3.63, 3.8) is 0 Å². The summed E-state index contributed by atoms with van der Waals surface area (Å²) in [6.45, 7) is 2.36. The summed E-state index contributed by atoms with van der Waals surface area (Å²) in [4.78, 5) is 4.36. The number of nitrogens with one attached hydrogen (secondary N) is 1. The lowest BCUT2D eigenvalue weighted by Crippen LogP contribution is -2.09. The summed E-state index contributed by atoms with van der Waals surface area (Å²) in [5.41, 5.74) is 1.48. The predicted molar refractivity (Wildman–Crippen MR) is 61.3 cm³/mol. The van der Waals surface area contributed by atoms with E-state index in [9.17, 15) is 0 Å². The van der Waals surface area contributed by atoms with Crippen LogP contribution in [-0.2, 0) is 0 Å². The van der Waals surface area contributed by atoms with Gasteiger partial charge in [-0.3, -0.25) is 0 Å². The smallest absolute Gasteiger partial charge is 0.118 e. The predicted octanol–water partition coefficient (Wildman–Crippen LogP) is 2.40. The molecular formula is C11H16N2S. The van der Waals surface area contributed by atoms with E-state index in [1.165, 1.54) is 30.1 Å². The van der Waals surface area contributed by atoms with Crippen molar-refractivity contribution in [2.24, 2.45) is 11.8 Å². The fourth-order valence-corrected chi connectivity index (χ4v) is 3.00. The minimum atomic E-state index is 0. The largest absolute Gasteiger partial charge is 0.316 e. The lowest BCUT2D eigenvalue weighted by molar-refractivity contribution is 0.536. The molecule has 1 aromatic heterocycles. The second-order valence-corrected chi connectivity index (χ2v) is 4.71. The highest BCUT2D eigenvalue weighted by Crippen LogP contribution is 2.38. The Morgan fingerprint density at radius 2 is 2.36 bits per heavy atom. The van der Waals surface area contributed by atoms with Crippen molar-refractivity contribution >= 4 is 16.9 Å². The molecule has 2 heterocycles. The number of thiazole rings is 1. The quantitative estimate of drug-likeness (QED) is 0.766. The van der Waals surface area contributed by atoms with E-state index in [1.807, 2.05) is 6.20 Å². The summed E-state index contributed by atoms with van der Waals surface area (Å²) in [6, 6.07) is 0. The topological polar surface area (TPSA) is 24.9 Å². The van der Waals surface area contributed by atoms with Crippen LogP contribution in [0.25, 0.3) is 5.57 Å². The van der Waals surface area contributed by atoms with Crippen molar-refractivity contribution in [3.05, 3.63) is 22.7 Å². The van der Waals surface area contributed by atoms with E-state index in [4.69, 9.17) is 0 Å². The van der Waals surface area contributed by atoms with E-state index in [2.05, 4.69) is 21.8 Å². The molecule has 1 aromatic rings. The average molecular weight is 208 g/mol. The molecule has 1 N–H and O–H groups in total. The van der Waals surface area contributed by atoms with E-state index in [1.54, 1.807) is 11.3 Å². The highest BCUT2D eigenvalue weighted by molar-refractivity contribution is 7.10. The molecule has 2 unspecified atom stereocenters. The van der Waals surface area contributed by atoms with Crippen LogP contribution in [0.15, 0.2) is 17.7 Å². The zero-order chi connectivity index (χ0) is 8.67. The Balaban J connectivity index is 0.000000750. The zero-order valence-electron chi connectivity index (χ0n) is 7.36. The molecule has 0 spiro atoms. The van der Waals surface area contributed by atoms with Gasteiger partial charge in [0.05, 0.1) is 0 Å². The van der Waals surface area contributed by atoms with Gasteiger partial charge in [0, 0.05) is 18.1 Å². The van der Waals surface area contributed by atoms with Gasteiger partial charge in [0.15, 0.2) is 0 Å². The average Bonchev–Trinajstić information content (AvgIpc) is 2.78. The van der Waals surface area contributed by atoms with Crippen molar-refractivity contribution in [1.29, 1.82) is 0 Å². The van der Waals surface area contributed by atoms with Gasteiger partial charge in [0.1, 0.15) is 5.01 Å². The van der Waals surface area contributed by atoms with Gasteiger partial charge in [-0.25, -0.2) is 4.98 Å². The van der Waals surface area contributed by atoms with Gasteiger partial charge in [0.25, 0.3) is 0 Å². The molecule has 3 heteroatoms. The van der Waals surface area contributed by atoms with Crippen molar-refractivity contribution in [2.75, 3.05) is 13.1 Å². The van der Waals surface area contributed by atoms with Gasteiger partial charge < -0.3 is 5.32 Å². The van der Waals surface area contributed by atoms with Crippen LogP contribution in [-0.4, -0.2) is 18.1 Å². The first-order valence-corrected chi connectivity index (χ1v) is 5.63. The molecule has 2 nitrogen and oxygen atoms in total. The van der Waals surface area contributed by atoms with Crippen LogP contribution in [0.4, 0.5) is 0 Å². The molecule has 0 radical (unpaired) electrons. The fraction of sp³-hybridized carbons (Fsp3) is 0.545. The summed E-state index contributed by atoms with van der Waals surface area (Å²) in [7, 11) is 0. The van der Waals surface area contributed by atoms with E-state index >= 15 is 0 Å². The molecule has 1 aliphatic heterocycles. The summed E-state index contributed by atoms with van der Waals surface area (Å²) in [6.07, 6.45) is 5.54. The van der Waals surface area contributed by atoms with E-state index < -0.39 is 0 Å². The van der Waals surface area contributed by atoms with Crippen LogP contribution in [0, 0.1) is 11.8 Å². The molecular weight excluding hydrogens is 192 g/mol. The Hall–Kier alpha value is -0.670. The van der Waals surface area contributed by atoms with Crippen LogP contribution >= 0.6 is 11.3 Å². The number of allylic oxidation sites excluding steroid dienone is 1. The monoisotopic (exact) mass is 208 g/mol. The number of rotatable bonds is 1. The molecule has 2 atom stereocenters. The Bertz CT molecular complexity index is 329. The molecule has 1 saturated heterocycles. The van der Waals surface area contributed by atoms with Crippen molar-refractivity contribution in [2.45, 2.75) is 13.8 Å². The number of fused-ring (bicyclic) bond motifs is 1. The molecule has 0 aromatic carbocycles. The Morgan fingerprint density at radius 3 is 3.07 bits per heavy atom. The fourth-order valence-electron chi connectivity index (χ4n) is 2.32. The molecule has 3 rings (SSSR count). The summed E-state index contributed by atoms with van der Waals surface area (Å²) < 4.78 is 0. The Labute approximate surface area is 89.1 Å². The minimum absolute atomic E-state index is 0. The molecule has 14 heavy (non-hydrogen) atoms. The van der Waals surface area contributed by atoms with E-state index in [-0.39, 0.29) is 7.43 Å². The van der Waals surface area contributed by atoms with E-state index in [0.717, 1.165) is 11.8 Å². The molecule has 76 valence electrons. The standard InChI is InChI=1S/C10H12N2S.CH4/c1-2-13-10(12-1)7-3-8-5-11-6-9(8)4-7;/h1-3,8-9,11H,4-6H2;1H4. The van der Waals surface area contributed by atoms with Crippen LogP contribution in [0.1, 0.15) is 18.9 Å². The second kappa shape index (κ2) is 3.83. The summed E-state index contributed by atoms with van der Waals surface area (Å²) in [5, 5.41) is 6.72. The van der Waals surface area contributed by atoms with Crippen LogP contribution in [0.5, 0.6) is 0 Å². The summed E-state index contributed by atoms with van der Waals surface area (Å²) >= 11 is 1.76. The Kier molecular flexibility index (Phi) is 2.70. The third-order valence-corrected chi connectivity index (χ3v) is 3.85. The highest BCUT2D eigenvalue weighted by atomic mass is 32.1. The first-order valence-electron chi connectivity index (χ1n) is 4.75. The molecule has 0 saturated carbocycles. The van der Waals surface area contributed by atoms with Gasteiger partial charge in [-0.05, 0) is 30.4 Å². The van der Waals surface area contributed by atoms with Crippen LogP contribution in [0.2, 0.25) is 0 Å². The minimum Gasteiger partial charge on any atom is -0.316 e. The molecule has 2 aliphatic rings. The first kappa shape index (κ1) is 9.87. The lowest BCUT2D eigenvalue weighted by Gasteiger charge is -2.04. The maximum absolute atomic E-state index is 4.36. The third-order valence-electron chi connectivity index (χ3n) is 3.00. The third kappa shape index (κ3) is 1.51.